The average Bonchev–Trinajstić information content (AvgIpc) is 2.98. The summed E-state index contributed by atoms with van der Waals surface area (Å²) >= 11 is 0.915. The van der Waals surface area contributed by atoms with Crippen LogP contribution >= 0.6 is 11.3 Å². The lowest BCUT2D eigenvalue weighted by Gasteiger charge is -2.21. The maximum absolute atomic E-state index is 13.0. The summed E-state index contributed by atoms with van der Waals surface area (Å²) in [5.41, 5.74) is 1.04. The first-order valence-corrected chi connectivity index (χ1v) is 8.85. The second-order valence-corrected chi connectivity index (χ2v) is 7.01. The van der Waals surface area contributed by atoms with E-state index in [1.165, 1.54) is 24.3 Å². The number of halogens is 1. The fourth-order valence-electron chi connectivity index (χ4n) is 2.88. The van der Waals surface area contributed by atoms with Crippen molar-refractivity contribution < 1.29 is 14.1 Å². The largest absolute Gasteiger partial charge is 0.337 e. The van der Waals surface area contributed by atoms with Crippen molar-refractivity contribution in [3.8, 4) is 0 Å². The quantitative estimate of drug-likeness (QED) is 0.618. The SMILES string of the molecule is O=C(c1ccc([N+](=O)[O-])s1)N1CCCN(Cc2ccc(F)cc2)CC1. The van der Waals surface area contributed by atoms with Crippen molar-refractivity contribution in [3.63, 3.8) is 0 Å². The lowest BCUT2D eigenvalue weighted by atomic mass is 10.2. The Morgan fingerprint density at radius 2 is 1.88 bits per heavy atom. The number of nitro groups is 1. The van der Waals surface area contributed by atoms with E-state index in [0.29, 0.717) is 24.5 Å². The molecular weight excluding hydrogens is 345 g/mol. The Morgan fingerprint density at radius 1 is 1.12 bits per heavy atom. The molecule has 0 atom stereocenters. The first-order chi connectivity index (χ1) is 12.0. The van der Waals surface area contributed by atoms with Crippen LogP contribution in [-0.2, 0) is 6.54 Å². The van der Waals surface area contributed by atoms with Gasteiger partial charge in [-0.3, -0.25) is 19.8 Å². The Kier molecular flexibility index (Phi) is 5.40. The third kappa shape index (κ3) is 4.40. The summed E-state index contributed by atoms with van der Waals surface area (Å²) in [4.78, 5) is 27.2. The molecule has 6 nitrogen and oxygen atoms in total. The van der Waals surface area contributed by atoms with E-state index in [9.17, 15) is 19.3 Å². The number of rotatable bonds is 4. The number of nitrogens with zero attached hydrogens (tertiary/aromatic N) is 3. The van der Waals surface area contributed by atoms with Crippen LogP contribution < -0.4 is 0 Å². The van der Waals surface area contributed by atoms with Crippen molar-refractivity contribution in [1.29, 1.82) is 0 Å². The molecule has 1 aromatic carbocycles. The van der Waals surface area contributed by atoms with Gasteiger partial charge >= 0.3 is 5.00 Å². The molecule has 1 fully saturated rings. The Hall–Kier alpha value is -2.32. The lowest BCUT2D eigenvalue weighted by Crippen LogP contribution is -2.34. The smallest absolute Gasteiger partial charge is 0.324 e. The molecule has 25 heavy (non-hydrogen) atoms. The Morgan fingerprint density at radius 3 is 2.56 bits per heavy atom. The molecule has 0 spiro atoms. The first kappa shape index (κ1) is 17.5. The third-order valence-corrected chi connectivity index (χ3v) is 5.20. The van der Waals surface area contributed by atoms with E-state index in [1.54, 1.807) is 17.0 Å². The molecule has 0 N–H and O–H groups in total. The van der Waals surface area contributed by atoms with Gasteiger partial charge in [0.25, 0.3) is 5.91 Å². The van der Waals surface area contributed by atoms with E-state index in [1.807, 2.05) is 0 Å². The van der Waals surface area contributed by atoms with Gasteiger partial charge in [-0.05, 0) is 30.2 Å². The minimum Gasteiger partial charge on any atom is -0.337 e. The normalized spacial score (nSPS) is 15.8. The zero-order chi connectivity index (χ0) is 17.8. The number of amides is 1. The van der Waals surface area contributed by atoms with Gasteiger partial charge in [0.05, 0.1) is 9.80 Å². The molecule has 0 saturated carbocycles. The maximum atomic E-state index is 13.0. The summed E-state index contributed by atoms with van der Waals surface area (Å²) in [7, 11) is 0. The molecule has 2 heterocycles. The minimum absolute atomic E-state index is 0.0175. The summed E-state index contributed by atoms with van der Waals surface area (Å²) < 4.78 is 13.0. The van der Waals surface area contributed by atoms with E-state index in [2.05, 4.69) is 4.90 Å². The van der Waals surface area contributed by atoms with Crippen molar-refractivity contribution in [1.82, 2.24) is 9.80 Å². The highest BCUT2D eigenvalue weighted by Crippen LogP contribution is 2.25. The molecule has 2 aromatic rings. The zero-order valence-electron chi connectivity index (χ0n) is 13.6. The number of hydrogen-bond acceptors (Lipinski definition) is 5. The van der Waals surface area contributed by atoms with Gasteiger partial charge in [0.2, 0.25) is 0 Å². The predicted molar refractivity (Wildman–Crippen MR) is 93.2 cm³/mol. The Bertz CT molecular complexity index is 763. The van der Waals surface area contributed by atoms with Crippen molar-refractivity contribution in [2.24, 2.45) is 0 Å². The van der Waals surface area contributed by atoms with Crippen molar-refractivity contribution in [2.75, 3.05) is 26.2 Å². The zero-order valence-corrected chi connectivity index (χ0v) is 14.4. The van der Waals surface area contributed by atoms with Gasteiger partial charge in [0, 0.05) is 38.8 Å². The molecular formula is C17H18FN3O3S. The molecule has 1 saturated heterocycles. The van der Waals surface area contributed by atoms with Crippen LogP contribution in [0.1, 0.15) is 21.7 Å². The molecule has 8 heteroatoms. The van der Waals surface area contributed by atoms with Crippen LogP contribution in [0, 0.1) is 15.9 Å². The molecule has 0 aliphatic carbocycles. The van der Waals surface area contributed by atoms with Crippen LogP contribution in [0.5, 0.6) is 0 Å². The molecule has 1 aliphatic heterocycles. The summed E-state index contributed by atoms with van der Waals surface area (Å²) in [6.45, 7) is 3.49. The number of hydrogen-bond donors (Lipinski definition) is 0. The van der Waals surface area contributed by atoms with Crippen LogP contribution in [-0.4, -0.2) is 46.8 Å². The van der Waals surface area contributed by atoms with Gasteiger partial charge in [0.1, 0.15) is 5.82 Å². The molecule has 1 aliphatic rings. The van der Waals surface area contributed by atoms with E-state index in [0.717, 1.165) is 36.4 Å². The second-order valence-electron chi connectivity index (χ2n) is 5.94. The molecule has 0 unspecified atom stereocenters. The summed E-state index contributed by atoms with van der Waals surface area (Å²) in [5.74, 6) is -0.400. The van der Waals surface area contributed by atoms with Gasteiger partial charge < -0.3 is 4.90 Å². The standard InChI is InChI=1S/C17H18FN3O3S/c18-14-4-2-13(3-5-14)12-19-8-1-9-20(11-10-19)17(22)15-6-7-16(25-15)21(23)24/h2-7H,1,8-12H2. The second kappa shape index (κ2) is 7.71. The number of thiophene rings is 1. The minimum atomic E-state index is -0.478. The van der Waals surface area contributed by atoms with Gasteiger partial charge in [-0.2, -0.15) is 0 Å². The van der Waals surface area contributed by atoms with E-state index < -0.39 is 4.92 Å². The highest BCUT2D eigenvalue weighted by molar-refractivity contribution is 7.17. The van der Waals surface area contributed by atoms with Gasteiger partial charge in [-0.15, -0.1) is 0 Å². The first-order valence-electron chi connectivity index (χ1n) is 8.03. The molecule has 0 bridgehead atoms. The third-order valence-electron chi connectivity index (χ3n) is 4.18. The summed E-state index contributed by atoms with van der Waals surface area (Å²) in [6, 6.07) is 9.34. The monoisotopic (exact) mass is 363 g/mol. The maximum Gasteiger partial charge on any atom is 0.324 e. The Labute approximate surface area is 148 Å². The predicted octanol–water partition coefficient (Wildman–Crippen LogP) is 3.14. The van der Waals surface area contributed by atoms with E-state index in [-0.39, 0.29) is 16.7 Å². The van der Waals surface area contributed by atoms with E-state index >= 15 is 0 Å². The average molecular weight is 363 g/mol. The summed E-state index contributed by atoms with van der Waals surface area (Å²) in [6.07, 6.45) is 0.834. The van der Waals surface area contributed by atoms with Crippen molar-refractivity contribution in [2.45, 2.75) is 13.0 Å². The van der Waals surface area contributed by atoms with Crippen molar-refractivity contribution in [3.05, 3.63) is 62.8 Å². The number of benzene rings is 1. The molecule has 0 radical (unpaired) electrons. The lowest BCUT2D eigenvalue weighted by molar-refractivity contribution is -0.380. The van der Waals surface area contributed by atoms with Crippen LogP contribution in [0.15, 0.2) is 36.4 Å². The highest BCUT2D eigenvalue weighted by atomic mass is 32.1. The van der Waals surface area contributed by atoms with Crippen LogP contribution in [0.2, 0.25) is 0 Å². The fourth-order valence-corrected chi connectivity index (χ4v) is 3.67. The summed E-state index contributed by atoms with van der Waals surface area (Å²) in [5, 5.41) is 10.7. The fraction of sp³-hybridized carbons (Fsp3) is 0.353. The topological polar surface area (TPSA) is 66.7 Å². The van der Waals surface area contributed by atoms with Crippen LogP contribution in [0.4, 0.5) is 9.39 Å². The van der Waals surface area contributed by atoms with Crippen LogP contribution in [0.3, 0.4) is 0 Å². The number of carbonyl (C=O) groups excluding carboxylic acids is 1. The number of carbonyl (C=O) groups is 1. The van der Waals surface area contributed by atoms with Gasteiger partial charge in [-0.25, -0.2) is 4.39 Å². The van der Waals surface area contributed by atoms with Gasteiger partial charge in [0.15, 0.2) is 0 Å². The highest BCUT2D eigenvalue weighted by Gasteiger charge is 2.23. The van der Waals surface area contributed by atoms with Crippen molar-refractivity contribution >= 4 is 22.2 Å². The van der Waals surface area contributed by atoms with E-state index in [4.69, 9.17) is 0 Å². The molecule has 3 rings (SSSR count). The molecule has 1 aromatic heterocycles. The molecule has 132 valence electrons. The van der Waals surface area contributed by atoms with Gasteiger partial charge in [-0.1, -0.05) is 23.5 Å². The molecule has 1 amide bonds. The Balaban J connectivity index is 1.59. The van der Waals surface area contributed by atoms with Crippen LogP contribution in [0.25, 0.3) is 0 Å².